The average Bonchev–Trinajstić information content (AvgIpc) is 3.70. The van der Waals surface area contributed by atoms with Crippen molar-refractivity contribution in [2.45, 2.75) is 33.1 Å². The summed E-state index contributed by atoms with van der Waals surface area (Å²) < 4.78 is 4.78. The van der Waals surface area contributed by atoms with E-state index >= 15 is 0 Å². The van der Waals surface area contributed by atoms with Gasteiger partial charge in [-0.3, -0.25) is 4.98 Å². The van der Waals surface area contributed by atoms with Crippen molar-refractivity contribution >= 4 is 50.6 Å². The first-order valence-corrected chi connectivity index (χ1v) is 15.3. The van der Waals surface area contributed by atoms with Gasteiger partial charge in [-0.2, -0.15) is 0 Å². The molecule has 0 bridgehead atoms. The lowest BCUT2D eigenvalue weighted by atomic mass is 10.0. The van der Waals surface area contributed by atoms with E-state index in [0.29, 0.717) is 11.8 Å². The van der Waals surface area contributed by atoms with E-state index in [1.54, 1.807) is 6.20 Å². The quantitative estimate of drug-likeness (QED) is 0.213. The van der Waals surface area contributed by atoms with E-state index in [1.165, 1.54) is 39.4 Å². The molecule has 8 rings (SSSR count). The van der Waals surface area contributed by atoms with Crippen molar-refractivity contribution in [3.05, 3.63) is 138 Å². The van der Waals surface area contributed by atoms with Crippen molar-refractivity contribution < 1.29 is 0 Å². The Bertz CT molecular complexity index is 2060. The van der Waals surface area contributed by atoms with Crippen LogP contribution in [0, 0.1) is 5.92 Å². The van der Waals surface area contributed by atoms with Gasteiger partial charge in [-0.15, -0.1) is 0 Å². The summed E-state index contributed by atoms with van der Waals surface area (Å²) in [4.78, 5) is 4.53. The molecule has 212 valence electrons. The lowest BCUT2D eigenvalue weighted by Gasteiger charge is -2.16. The predicted molar refractivity (Wildman–Crippen MR) is 183 cm³/mol. The molecule has 3 heterocycles. The van der Waals surface area contributed by atoms with Gasteiger partial charge in [0.2, 0.25) is 0 Å². The fourth-order valence-electron chi connectivity index (χ4n) is 6.79. The van der Waals surface area contributed by atoms with Crippen molar-refractivity contribution in [3.63, 3.8) is 0 Å². The topological polar surface area (TPSA) is 48.8 Å². The molecule has 4 heteroatoms. The first-order chi connectivity index (χ1) is 21.3. The van der Waals surface area contributed by atoms with Crippen LogP contribution in [0.2, 0.25) is 0 Å². The van der Waals surface area contributed by atoms with Gasteiger partial charge in [0, 0.05) is 63.1 Å². The van der Waals surface area contributed by atoms with Gasteiger partial charge in [0.15, 0.2) is 0 Å². The smallest absolute Gasteiger partial charge is 0.0562 e. The van der Waals surface area contributed by atoms with Gasteiger partial charge < -0.3 is 14.9 Å². The summed E-state index contributed by atoms with van der Waals surface area (Å²) in [6, 6.07) is 28.0. The van der Waals surface area contributed by atoms with E-state index in [4.69, 9.17) is 5.73 Å². The standard InChI is InChI=1S/C37H30N4.C2H6/c1-2-32(40-34-12-6-3-9-27(34)28-10-4-7-13-35(28)40)25(22-38)15-16-26-23-39-20-19-33(26)41-36-14-8-5-11-29(36)30-18-17-24-21-31(24)37(30)41;1-2/h2-20,22-24,31H,21,38H2,1H3;1-2H3/b16-15-,25-22-,32-2+;. The number of rotatable bonds is 5. The van der Waals surface area contributed by atoms with Gasteiger partial charge in [0.05, 0.1) is 27.9 Å². The second-order valence-corrected chi connectivity index (χ2v) is 11.0. The Morgan fingerprint density at radius 1 is 0.860 bits per heavy atom. The largest absolute Gasteiger partial charge is 0.404 e. The first kappa shape index (κ1) is 26.8. The molecule has 0 amide bonds. The fourth-order valence-corrected chi connectivity index (χ4v) is 6.79. The summed E-state index contributed by atoms with van der Waals surface area (Å²) in [7, 11) is 0. The summed E-state index contributed by atoms with van der Waals surface area (Å²) >= 11 is 0. The highest BCUT2D eigenvalue weighted by Gasteiger charge is 2.43. The second kappa shape index (κ2) is 11.0. The molecule has 43 heavy (non-hydrogen) atoms. The Morgan fingerprint density at radius 3 is 2.19 bits per heavy atom. The summed E-state index contributed by atoms with van der Waals surface area (Å²) in [5, 5.41) is 3.77. The van der Waals surface area contributed by atoms with E-state index in [9.17, 15) is 0 Å². The molecule has 6 aromatic rings. The Balaban J connectivity index is 0.00000147. The molecule has 2 unspecified atom stereocenters. The highest BCUT2D eigenvalue weighted by molar-refractivity contribution is 6.10. The minimum atomic E-state index is 0.580. The number of allylic oxidation sites excluding steroid dienone is 5. The Morgan fingerprint density at radius 2 is 1.51 bits per heavy atom. The van der Waals surface area contributed by atoms with Gasteiger partial charge in [-0.1, -0.05) is 98.8 Å². The van der Waals surface area contributed by atoms with Crippen molar-refractivity contribution in [1.29, 1.82) is 0 Å². The minimum absolute atomic E-state index is 0.580. The molecule has 4 nitrogen and oxygen atoms in total. The van der Waals surface area contributed by atoms with Gasteiger partial charge >= 0.3 is 0 Å². The lowest BCUT2D eigenvalue weighted by molar-refractivity contribution is 0.893. The van der Waals surface area contributed by atoms with Crippen LogP contribution in [0.25, 0.3) is 56.2 Å². The lowest BCUT2D eigenvalue weighted by Crippen LogP contribution is -2.04. The maximum Gasteiger partial charge on any atom is 0.0562 e. The fraction of sp³-hybridized carbons (Fsp3) is 0.154. The molecule has 2 N–H and O–H groups in total. The summed E-state index contributed by atoms with van der Waals surface area (Å²) in [5.41, 5.74) is 16.9. The number of hydrogen-bond donors (Lipinski definition) is 1. The third kappa shape index (κ3) is 4.25. The van der Waals surface area contributed by atoms with E-state index in [0.717, 1.165) is 33.6 Å². The zero-order chi connectivity index (χ0) is 29.5. The Hall–Kier alpha value is -5.09. The van der Waals surface area contributed by atoms with Gasteiger partial charge in [-0.05, 0) is 43.5 Å². The van der Waals surface area contributed by atoms with Crippen LogP contribution in [-0.4, -0.2) is 14.1 Å². The first-order valence-electron chi connectivity index (χ1n) is 15.3. The monoisotopic (exact) mass is 560 g/mol. The van der Waals surface area contributed by atoms with Crippen LogP contribution in [-0.2, 0) is 0 Å². The van der Waals surface area contributed by atoms with Crippen LogP contribution < -0.4 is 5.73 Å². The Labute approximate surface area is 252 Å². The van der Waals surface area contributed by atoms with Crippen LogP contribution in [0.5, 0.6) is 0 Å². The minimum Gasteiger partial charge on any atom is -0.404 e. The van der Waals surface area contributed by atoms with Gasteiger partial charge in [0.25, 0.3) is 0 Å². The third-order valence-electron chi connectivity index (χ3n) is 8.73. The van der Waals surface area contributed by atoms with E-state index in [-0.39, 0.29) is 0 Å². The van der Waals surface area contributed by atoms with E-state index < -0.39 is 0 Å². The molecule has 1 fully saturated rings. The van der Waals surface area contributed by atoms with Crippen molar-refractivity contribution in [2.75, 3.05) is 0 Å². The zero-order valence-electron chi connectivity index (χ0n) is 24.9. The molecule has 3 aromatic heterocycles. The number of nitrogens with zero attached hydrogens (tertiary/aromatic N) is 3. The molecule has 0 radical (unpaired) electrons. The third-order valence-corrected chi connectivity index (χ3v) is 8.73. The van der Waals surface area contributed by atoms with E-state index in [2.05, 4.69) is 130 Å². The second-order valence-electron chi connectivity index (χ2n) is 11.0. The molecular formula is C39H36N4. The predicted octanol–water partition coefficient (Wildman–Crippen LogP) is 9.71. The molecule has 1 saturated carbocycles. The summed E-state index contributed by atoms with van der Waals surface area (Å²) in [6.45, 7) is 6.07. The summed E-state index contributed by atoms with van der Waals surface area (Å²) in [6.07, 6.45) is 17.9. The Kier molecular flexibility index (Phi) is 6.83. The number of aromatic nitrogens is 3. The molecule has 0 aliphatic heterocycles. The molecule has 3 aromatic carbocycles. The van der Waals surface area contributed by atoms with Gasteiger partial charge in [-0.25, -0.2) is 0 Å². The van der Waals surface area contributed by atoms with Crippen LogP contribution >= 0.6 is 0 Å². The van der Waals surface area contributed by atoms with Crippen molar-refractivity contribution in [1.82, 2.24) is 14.1 Å². The molecule has 0 spiro atoms. The van der Waals surface area contributed by atoms with Gasteiger partial charge in [0.1, 0.15) is 0 Å². The average molecular weight is 561 g/mol. The molecule has 0 saturated heterocycles. The number of pyridine rings is 1. The highest BCUT2D eigenvalue weighted by Crippen LogP contribution is 2.55. The highest BCUT2D eigenvalue weighted by atomic mass is 15.0. The summed E-state index contributed by atoms with van der Waals surface area (Å²) in [5.74, 6) is 1.23. The maximum atomic E-state index is 6.33. The molecule has 2 atom stereocenters. The van der Waals surface area contributed by atoms with Crippen LogP contribution in [0.3, 0.4) is 0 Å². The van der Waals surface area contributed by atoms with Crippen molar-refractivity contribution in [2.24, 2.45) is 11.7 Å². The van der Waals surface area contributed by atoms with E-state index in [1.807, 2.05) is 26.2 Å². The number of para-hydroxylation sites is 3. The SMILES string of the molecule is CC.C\C=C(C(/C=C\c1cnccc1-n1c2c(c3ccccc31)C=CC1CC21)=C\N)\n1c2ccccc2c2ccccc21. The van der Waals surface area contributed by atoms with Crippen molar-refractivity contribution in [3.8, 4) is 5.69 Å². The number of benzene rings is 3. The molecular weight excluding hydrogens is 524 g/mol. The van der Waals surface area contributed by atoms with Crippen LogP contribution in [0.4, 0.5) is 0 Å². The van der Waals surface area contributed by atoms with Crippen LogP contribution in [0.15, 0.2) is 121 Å². The molecule has 2 aliphatic rings. The zero-order valence-corrected chi connectivity index (χ0v) is 24.9. The number of nitrogens with two attached hydrogens (primary N) is 1. The normalized spacial score (nSPS) is 17.7. The number of fused-ring (bicyclic) bond motifs is 8. The van der Waals surface area contributed by atoms with Crippen LogP contribution in [0.1, 0.15) is 49.9 Å². The number of hydrogen-bond acceptors (Lipinski definition) is 2. The molecule has 2 aliphatic carbocycles. The maximum absolute atomic E-state index is 6.33.